The number of rotatable bonds is 38. The van der Waals surface area contributed by atoms with Gasteiger partial charge in [-0.2, -0.15) is 0 Å². The average Bonchev–Trinajstić information content (AvgIpc) is 3.09. The summed E-state index contributed by atoms with van der Waals surface area (Å²) in [5.41, 5.74) is 0. The summed E-state index contributed by atoms with van der Waals surface area (Å²) in [7, 11) is 5.39. The van der Waals surface area contributed by atoms with Crippen molar-refractivity contribution in [2.24, 2.45) is 0 Å². The lowest BCUT2D eigenvalue weighted by Crippen LogP contribution is -2.55. The topological polar surface area (TPSA) is 102 Å². The molecule has 304 valence electrons. The molecule has 8 nitrogen and oxygen atoms in total. The number of nitrogens with zero attached hydrogens (tertiary/aromatic N) is 1. The first-order valence-electron chi connectivity index (χ1n) is 21.4. The molecule has 0 fully saturated rings. The number of carboxylic acid groups (broad SMARTS) is 1. The van der Waals surface area contributed by atoms with Gasteiger partial charge in [0, 0.05) is 19.3 Å². The van der Waals surface area contributed by atoms with Gasteiger partial charge in [-0.05, 0) is 32.1 Å². The van der Waals surface area contributed by atoms with E-state index in [-0.39, 0.29) is 42.7 Å². The smallest absolute Gasteiger partial charge is 0.306 e. The summed E-state index contributed by atoms with van der Waals surface area (Å²) >= 11 is 0. The second-order valence-corrected chi connectivity index (χ2v) is 15.6. The van der Waals surface area contributed by atoms with Crippen molar-refractivity contribution in [2.75, 3.05) is 41.0 Å². The van der Waals surface area contributed by atoms with Crippen LogP contribution in [0.4, 0.5) is 0 Å². The minimum absolute atomic E-state index is 0.0334. The zero-order chi connectivity index (χ0) is 38.5. The number of quaternary nitrogens is 1. The predicted molar refractivity (Wildman–Crippen MR) is 213 cm³/mol. The minimum Gasteiger partial charge on any atom is -0.544 e. The van der Waals surface area contributed by atoms with Gasteiger partial charge >= 0.3 is 11.9 Å². The quantitative estimate of drug-likeness (QED) is 0.0269. The fourth-order valence-electron chi connectivity index (χ4n) is 6.22. The molecule has 0 aromatic rings. The van der Waals surface area contributed by atoms with Crippen LogP contribution in [0.3, 0.4) is 0 Å². The Labute approximate surface area is 320 Å². The summed E-state index contributed by atoms with van der Waals surface area (Å²) in [5, 5.41) is 11.6. The zero-order valence-electron chi connectivity index (χ0n) is 34.5. The predicted octanol–water partition coefficient (Wildman–Crippen LogP) is 9.97. The third-order valence-corrected chi connectivity index (χ3v) is 9.62. The lowest BCUT2D eigenvalue weighted by molar-refractivity contribution is -0.889. The molecule has 8 heteroatoms. The van der Waals surface area contributed by atoms with Gasteiger partial charge in [0.1, 0.15) is 12.6 Å². The number of carbonyl (C=O) groups is 3. The molecule has 0 bridgehead atoms. The monoisotopic (exact) mass is 736 g/mol. The van der Waals surface area contributed by atoms with E-state index in [1.54, 1.807) is 21.1 Å². The van der Waals surface area contributed by atoms with Gasteiger partial charge in [0.25, 0.3) is 0 Å². The van der Waals surface area contributed by atoms with E-state index in [1.165, 1.54) is 103 Å². The van der Waals surface area contributed by atoms with Crippen LogP contribution in [0.15, 0.2) is 24.3 Å². The zero-order valence-corrected chi connectivity index (χ0v) is 34.5. The van der Waals surface area contributed by atoms with Crippen LogP contribution in [0.5, 0.6) is 0 Å². The second kappa shape index (κ2) is 35.8. The first-order valence-corrected chi connectivity index (χ1v) is 21.4. The number of esters is 2. The van der Waals surface area contributed by atoms with E-state index >= 15 is 0 Å². The molecule has 0 radical (unpaired) electrons. The Hall–Kier alpha value is -2.19. The SMILES string of the molecule is CCCC/C=C/C=C/CCCCCC(=O)OC(COCCC(C(=O)[O-])[N+](C)(C)C)COC(=O)CCCCCCCCCCCCCCCCCCC. The molecule has 0 aliphatic heterocycles. The number of allylic oxidation sites excluding steroid dienone is 4. The van der Waals surface area contributed by atoms with Gasteiger partial charge in [0.2, 0.25) is 0 Å². The van der Waals surface area contributed by atoms with Gasteiger partial charge in [0.15, 0.2) is 6.10 Å². The molecule has 0 aliphatic carbocycles. The van der Waals surface area contributed by atoms with Crippen molar-refractivity contribution in [2.45, 2.75) is 199 Å². The van der Waals surface area contributed by atoms with Crippen LogP contribution in [0.1, 0.15) is 187 Å². The molecular formula is C44H81NO7. The minimum atomic E-state index is -1.13. The lowest BCUT2D eigenvalue weighted by atomic mass is 10.0. The lowest BCUT2D eigenvalue weighted by Gasteiger charge is -2.34. The molecule has 0 N–H and O–H groups in total. The van der Waals surface area contributed by atoms with Crippen LogP contribution in [0, 0.1) is 0 Å². The molecule has 52 heavy (non-hydrogen) atoms. The van der Waals surface area contributed by atoms with Gasteiger partial charge in [-0.1, -0.05) is 160 Å². The number of ether oxygens (including phenoxy) is 3. The normalized spacial score (nSPS) is 13.2. The summed E-state index contributed by atoms with van der Waals surface area (Å²) < 4.78 is 17.1. The molecule has 0 saturated carbocycles. The Balaban J connectivity index is 4.32. The van der Waals surface area contributed by atoms with Crippen LogP contribution in [-0.4, -0.2) is 75.5 Å². The highest BCUT2D eigenvalue weighted by atomic mass is 16.6. The molecular weight excluding hydrogens is 654 g/mol. The first-order chi connectivity index (χ1) is 25.1. The summed E-state index contributed by atoms with van der Waals surface area (Å²) in [6, 6.07) is -0.727. The van der Waals surface area contributed by atoms with Crippen molar-refractivity contribution in [3.8, 4) is 0 Å². The number of aliphatic carboxylic acids is 1. The molecule has 0 amide bonds. The van der Waals surface area contributed by atoms with Gasteiger partial charge in [0.05, 0.1) is 40.3 Å². The number of unbranched alkanes of at least 4 members (excludes halogenated alkanes) is 21. The van der Waals surface area contributed by atoms with Crippen molar-refractivity contribution >= 4 is 17.9 Å². The van der Waals surface area contributed by atoms with E-state index in [0.717, 1.165) is 51.4 Å². The van der Waals surface area contributed by atoms with Crippen molar-refractivity contribution in [1.82, 2.24) is 0 Å². The van der Waals surface area contributed by atoms with E-state index in [0.29, 0.717) is 12.8 Å². The van der Waals surface area contributed by atoms with Crippen molar-refractivity contribution in [1.29, 1.82) is 0 Å². The van der Waals surface area contributed by atoms with Crippen molar-refractivity contribution < 1.29 is 38.2 Å². The molecule has 0 aliphatic rings. The van der Waals surface area contributed by atoms with Crippen LogP contribution in [0.25, 0.3) is 0 Å². The van der Waals surface area contributed by atoms with Crippen LogP contribution in [0.2, 0.25) is 0 Å². The summed E-state index contributed by atoms with van der Waals surface area (Å²) in [6.07, 6.45) is 37.8. The maximum absolute atomic E-state index is 12.6. The Bertz CT molecular complexity index is 911. The highest BCUT2D eigenvalue weighted by Gasteiger charge is 2.25. The van der Waals surface area contributed by atoms with Gasteiger partial charge in [-0.25, -0.2) is 0 Å². The van der Waals surface area contributed by atoms with Gasteiger partial charge < -0.3 is 28.6 Å². The van der Waals surface area contributed by atoms with Crippen LogP contribution in [-0.2, 0) is 28.6 Å². The van der Waals surface area contributed by atoms with Crippen molar-refractivity contribution in [3.05, 3.63) is 24.3 Å². The Kier molecular flexibility index (Phi) is 34.3. The molecule has 0 saturated heterocycles. The molecule has 0 aromatic heterocycles. The van der Waals surface area contributed by atoms with E-state index < -0.39 is 18.1 Å². The number of carboxylic acids is 1. The number of hydrogen-bond donors (Lipinski definition) is 0. The molecule has 0 aromatic carbocycles. The Morgan fingerprint density at radius 3 is 1.50 bits per heavy atom. The molecule has 0 heterocycles. The number of likely N-dealkylation sites (N-methyl/N-ethyl adjacent to an activating group) is 1. The molecule has 2 atom stereocenters. The highest BCUT2D eigenvalue weighted by Crippen LogP contribution is 2.15. The van der Waals surface area contributed by atoms with Crippen LogP contribution >= 0.6 is 0 Å². The van der Waals surface area contributed by atoms with Gasteiger partial charge in [-0.15, -0.1) is 0 Å². The molecule has 0 spiro atoms. The maximum Gasteiger partial charge on any atom is 0.306 e. The van der Waals surface area contributed by atoms with Gasteiger partial charge in [-0.3, -0.25) is 9.59 Å². The third-order valence-electron chi connectivity index (χ3n) is 9.62. The fraction of sp³-hybridized carbons (Fsp3) is 0.841. The second-order valence-electron chi connectivity index (χ2n) is 15.6. The van der Waals surface area contributed by atoms with E-state index in [4.69, 9.17) is 14.2 Å². The molecule has 2 unspecified atom stereocenters. The van der Waals surface area contributed by atoms with Crippen LogP contribution < -0.4 is 5.11 Å². The van der Waals surface area contributed by atoms with E-state index in [9.17, 15) is 19.5 Å². The summed E-state index contributed by atoms with van der Waals surface area (Å²) in [6.45, 7) is 4.59. The Morgan fingerprint density at radius 2 is 1.02 bits per heavy atom. The number of hydrogen-bond acceptors (Lipinski definition) is 7. The molecule has 0 rings (SSSR count). The first kappa shape index (κ1) is 49.8. The maximum atomic E-state index is 12.6. The largest absolute Gasteiger partial charge is 0.544 e. The fourth-order valence-corrected chi connectivity index (χ4v) is 6.22. The standard InChI is InChI=1S/C44H81NO7/c1-6-8-10-12-14-16-18-19-20-21-22-23-25-26-28-30-32-34-42(46)51-39-40(38-50-37-36-41(44(48)49)45(3,4)5)52-43(47)35-33-31-29-27-24-17-15-13-11-9-7-2/h13,15,17,24,40-41H,6-12,14,16,18-23,25-39H2,1-5H3/b15-13+,24-17+. The third kappa shape index (κ3) is 33.6. The average molecular weight is 736 g/mol. The van der Waals surface area contributed by atoms with Crippen molar-refractivity contribution in [3.63, 3.8) is 0 Å². The van der Waals surface area contributed by atoms with E-state index in [2.05, 4.69) is 38.2 Å². The Morgan fingerprint density at radius 1 is 0.577 bits per heavy atom. The number of carbonyl (C=O) groups excluding carboxylic acids is 3. The van der Waals surface area contributed by atoms with E-state index in [1.807, 2.05) is 0 Å². The highest BCUT2D eigenvalue weighted by molar-refractivity contribution is 5.70. The summed E-state index contributed by atoms with van der Waals surface area (Å²) in [5.74, 6) is -1.76. The summed E-state index contributed by atoms with van der Waals surface area (Å²) in [4.78, 5) is 36.7.